The minimum Gasteiger partial charge on any atom is -0.360 e. The fourth-order valence-corrected chi connectivity index (χ4v) is 3.73. The van der Waals surface area contributed by atoms with Crippen LogP contribution in [-0.4, -0.2) is 19.3 Å². The first-order valence-corrected chi connectivity index (χ1v) is 6.72. The molecule has 0 amide bonds. The number of hydrogen-bond donors (Lipinski definition) is 1. The van der Waals surface area contributed by atoms with E-state index in [4.69, 9.17) is 10.3 Å². The lowest BCUT2D eigenvalue weighted by molar-refractivity contribution is 0.364. The minimum atomic E-state index is -3.05. The number of nitrogens with two attached hydrogens (primary N) is 1. The first-order valence-electron chi connectivity index (χ1n) is 5.00. The Bertz CT molecular complexity index is 438. The van der Waals surface area contributed by atoms with Crippen molar-refractivity contribution in [2.24, 2.45) is 5.73 Å². The van der Waals surface area contributed by atoms with Gasteiger partial charge >= 0.3 is 0 Å². The van der Waals surface area contributed by atoms with Crippen LogP contribution in [0.15, 0.2) is 10.6 Å². The maximum Gasteiger partial charge on any atom is 0.160 e. The molecule has 1 fully saturated rings. The molecule has 0 saturated carbocycles. The second-order valence-electron chi connectivity index (χ2n) is 3.78. The summed E-state index contributed by atoms with van der Waals surface area (Å²) >= 11 is 0. The first kappa shape index (κ1) is 10.6. The number of hydrogen-bond acceptors (Lipinski definition) is 5. The molecule has 0 aliphatic carbocycles. The molecular formula is C9H14N2O3S. The molecule has 0 radical (unpaired) electrons. The molecule has 1 saturated heterocycles. The number of rotatable bonds is 2. The van der Waals surface area contributed by atoms with Crippen molar-refractivity contribution < 1.29 is 12.9 Å². The molecule has 6 heteroatoms. The van der Waals surface area contributed by atoms with E-state index in [1.165, 1.54) is 0 Å². The lowest BCUT2D eigenvalue weighted by Gasteiger charge is -2.19. The van der Waals surface area contributed by atoms with Gasteiger partial charge in [0.2, 0.25) is 0 Å². The van der Waals surface area contributed by atoms with Crippen LogP contribution < -0.4 is 5.73 Å². The van der Waals surface area contributed by atoms with Crippen molar-refractivity contribution in [3.8, 4) is 0 Å². The zero-order chi connectivity index (χ0) is 10.9. The highest BCUT2D eigenvalue weighted by molar-refractivity contribution is 7.91. The SMILES string of the molecule is NCc1cc(C2CCCCS2(=O)=O)on1. The van der Waals surface area contributed by atoms with Gasteiger partial charge in [-0.1, -0.05) is 11.6 Å². The molecule has 2 rings (SSSR count). The normalized spacial score (nSPS) is 25.3. The van der Waals surface area contributed by atoms with Crippen molar-refractivity contribution in [3.63, 3.8) is 0 Å². The highest BCUT2D eigenvalue weighted by Gasteiger charge is 2.33. The van der Waals surface area contributed by atoms with Gasteiger partial charge in [0.05, 0.1) is 11.4 Å². The molecule has 84 valence electrons. The highest BCUT2D eigenvalue weighted by atomic mass is 32.2. The molecule has 0 bridgehead atoms. The van der Waals surface area contributed by atoms with Crippen LogP contribution in [0, 0.1) is 0 Å². The van der Waals surface area contributed by atoms with Crippen LogP contribution >= 0.6 is 0 Å². The van der Waals surface area contributed by atoms with Gasteiger partial charge in [0.15, 0.2) is 15.6 Å². The third-order valence-electron chi connectivity index (χ3n) is 2.68. The second-order valence-corrected chi connectivity index (χ2v) is 6.08. The molecule has 2 N–H and O–H groups in total. The van der Waals surface area contributed by atoms with Crippen molar-refractivity contribution in [3.05, 3.63) is 17.5 Å². The maximum absolute atomic E-state index is 11.8. The molecule has 1 aromatic heterocycles. The van der Waals surface area contributed by atoms with Crippen molar-refractivity contribution in [2.75, 3.05) is 5.75 Å². The monoisotopic (exact) mass is 230 g/mol. The average molecular weight is 230 g/mol. The summed E-state index contributed by atoms with van der Waals surface area (Å²) < 4.78 is 28.5. The molecule has 1 aliphatic heterocycles. The molecule has 2 heterocycles. The Kier molecular flexibility index (Phi) is 2.79. The molecule has 1 aliphatic rings. The fourth-order valence-electron chi connectivity index (χ4n) is 1.85. The molecule has 0 spiro atoms. The van der Waals surface area contributed by atoms with Crippen LogP contribution in [0.25, 0.3) is 0 Å². The summed E-state index contributed by atoms with van der Waals surface area (Å²) in [5.41, 5.74) is 5.99. The predicted molar refractivity (Wildman–Crippen MR) is 54.8 cm³/mol. The summed E-state index contributed by atoms with van der Waals surface area (Å²) in [6.07, 6.45) is 2.29. The van der Waals surface area contributed by atoms with Crippen LogP contribution in [-0.2, 0) is 16.4 Å². The Morgan fingerprint density at radius 1 is 1.53 bits per heavy atom. The van der Waals surface area contributed by atoms with E-state index >= 15 is 0 Å². The summed E-state index contributed by atoms with van der Waals surface area (Å²) in [5, 5.41) is 3.20. The van der Waals surface area contributed by atoms with Gasteiger partial charge in [0.25, 0.3) is 0 Å². The van der Waals surface area contributed by atoms with E-state index in [9.17, 15) is 8.42 Å². The van der Waals surface area contributed by atoms with Gasteiger partial charge in [-0.25, -0.2) is 8.42 Å². The summed E-state index contributed by atoms with van der Waals surface area (Å²) in [5.74, 6) is 0.686. The van der Waals surface area contributed by atoms with Gasteiger partial charge in [-0.2, -0.15) is 0 Å². The molecular weight excluding hydrogens is 216 g/mol. The van der Waals surface area contributed by atoms with E-state index in [2.05, 4.69) is 5.16 Å². The molecule has 1 atom stereocenters. The summed E-state index contributed by atoms with van der Waals surface area (Å²) in [4.78, 5) is 0. The second kappa shape index (κ2) is 3.94. The van der Waals surface area contributed by atoms with Crippen molar-refractivity contribution in [1.29, 1.82) is 0 Å². The standard InChI is InChI=1S/C9H14N2O3S/c10-6-7-5-8(14-11-7)9-3-1-2-4-15(9,12)13/h5,9H,1-4,6,10H2. The van der Waals surface area contributed by atoms with E-state index in [1.54, 1.807) is 6.07 Å². The first-order chi connectivity index (χ1) is 7.13. The van der Waals surface area contributed by atoms with E-state index < -0.39 is 15.1 Å². The minimum absolute atomic E-state index is 0.246. The largest absolute Gasteiger partial charge is 0.360 e. The fraction of sp³-hybridized carbons (Fsp3) is 0.667. The van der Waals surface area contributed by atoms with Gasteiger partial charge in [-0.05, 0) is 12.8 Å². The molecule has 1 unspecified atom stereocenters. The van der Waals surface area contributed by atoms with E-state index in [1.807, 2.05) is 0 Å². The zero-order valence-electron chi connectivity index (χ0n) is 8.35. The van der Waals surface area contributed by atoms with Gasteiger partial charge in [-0.3, -0.25) is 0 Å². The Balaban J connectivity index is 2.29. The Labute approximate surface area is 88.5 Å². The third-order valence-corrected chi connectivity index (χ3v) is 4.88. The predicted octanol–water partition coefficient (Wildman–Crippen LogP) is 0.773. The van der Waals surface area contributed by atoms with Crippen LogP contribution in [0.4, 0.5) is 0 Å². The van der Waals surface area contributed by atoms with Crippen LogP contribution in [0.3, 0.4) is 0 Å². The Morgan fingerprint density at radius 2 is 2.33 bits per heavy atom. The Hall–Kier alpha value is -0.880. The van der Waals surface area contributed by atoms with Crippen LogP contribution in [0.2, 0.25) is 0 Å². The summed E-state index contributed by atoms with van der Waals surface area (Å²) in [6, 6.07) is 1.65. The lowest BCUT2D eigenvalue weighted by Crippen LogP contribution is -2.21. The van der Waals surface area contributed by atoms with Gasteiger partial charge in [0, 0.05) is 12.6 Å². The van der Waals surface area contributed by atoms with E-state index in [0.29, 0.717) is 17.9 Å². The van der Waals surface area contributed by atoms with Crippen molar-refractivity contribution in [1.82, 2.24) is 5.16 Å². The van der Waals surface area contributed by atoms with Crippen molar-refractivity contribution >= 4 is 9.84 Å². The molecule has 1 aromatic rings. The topological polar surface area (TPSA) is 86.2 Å². The van der Waals surface area contributed by atoms with Gasteiger partial charge < -0.3 is 10.3 Å². The molecule has 15 heavy (non-hydrogen) atoms. The van der Waals surface area contributed by atoms with Gasteiger partial charge in [0.1, 0.15) is 5.25 Å². The third kappa shape index (κ3) is 2.05. The number of nitrogens with zero attached hydrogens (tertiary/aromatic N) is 1. The smallest absolute Gasteiger partial charge is 0.160 e. The quantitative estimate of drug-likeness (QED) is 0.811. The average Bonchev–Trinajstić information content (AvgIpc) is 2.65. The summed E-state index contributed by atoms with van der Waals surface area (Å²) in [6.45, 7) is 0.274. The van der Waals surface area contributed by atoms with E-state index in [-0.39, 0.29) is 12.3 Å². The van der Waals surface area contributed by atoms with Crippen LogP contribution in [0.5, 0.6) is 0 Å². The van der Waals surface area contributed by atoms with Crippen molar-refractivity contribution in [2.45, 2.75) is 31.1 Å². The Morgan fingerprint density at radius 3 is 2.93 bits per heavy atom. The summed E-state index contributed by atoms with van der Waals surface area (Å²) in [7, 11) is -3.05. The lowest BCUT2D eigenvalue weighted by atomic mass is 10.1. The molecule has 0 aromatic carbocycles. The molecule has 5 nitrogen and oxygen atoms in total. The zero-order valence-corrected chi connectivity index (χ0v) is 9.16. The highest BCUT2D eigenvalue weighted by Crippen LogP contribution is 2.33. The number of sulfone groups is 1. The van der Waals surface area contributed by atoms with Gasteiger partial charge in [-0.15, -0.1) is 0 Å². The maximum atomic E-state index is 11.8. The number of aromatic nitrogens is 1. The van der Waals surface area contributed by atoms with Crippen LogP contribution in [0.1, 0.15) is 36.0 Å². The van der Waals surface area contributed by atoms with E-state index in [0.717, 1.165) is 12.8 Å².